The molecular weight excluding hydrogens is 405 g/mol. The second-order valence-corrected chi connectivity index (χ2v) is 8.34. The van der Waals surface area contributed by atoms with Crippen LogP contribution >= 0.6 is 0 Å². The van der Waals surface area contributed by atoms with Gasteiger partial charge in [0.1, 0.15) is 6.61 Å². The summed E-state index contributed by atoms with van der Waals surface area (Å²) in [4.78, 5) is 14.3. The van der Waals surface area contributed by atoms with Gasteiger partial charge in [-0.3, -0.25) is 4.79 Å². The summed E-state index contributed by atoms with van der Waals surface area (Å²) in [6.07, 6.45) is 6.69. The van der Waals surface area contributed by atoms with Gasteiger partial charge in [0, 0.05) is 23.6 Å². The topological polar surface area (TPSA) is 34.5 Å². The lowest BCUT2D eigenvalue weighted by Gasteiger charge is -2.32. The first-order valence-corrected chi connectivity index (χ1v) is 10.8. The van der Waals surface area contributed by atoms with Gasteiger partial charge in [-0.1, -0.05) is 18.2 Å². The fraction of sp³-hybridized carbons (Fsp3) is 0.458. The number of piperidine rings is 1. The summed E-state index contributed by atoms with van der Waals surface area (Å²) in [5, 5.41) is 0.363. The van der Waals surface area contributed by atoms with Crippen LogP contribution in [0.25, 0.3) is 10.9 Å². The minimum absolute atomic E-state index is 0.264. The molecule has 2 aliphatic heterocycles. The molecule has 1 fully saturated rings. The van der Waals surface area contributed by atoms with E-state index in [2.05, 4.69) is 17.1 Å². The van der Waals surface area contributed by atoms with E-state index >= 15 is 0 Å². The summed E-state index contributed by atoms with van der Waals surface area (Å²) < 4.78 is 45.9. The number of carbonyl (C=O) groups is 1. The quantitative estimate of drug-likeness (QED) is 0.554. The number of aryl methyl sites for hydroxylation is 1. The molecule has 0 bridgehead atoms. The molecule has 0 atom stereocenters. The number of benzene rings is 1. The van der Waals surface area contributed by atoms with Crippen LogP contribution in [0.2, 0.25) is 0 Å². The molecule has 0 radical (unpaired) electrons. The summed E-state index contributed by atoms with van der Waals surface area (Å²) >= 11 is 0. The van der Waals surface area contributed by atoms with Crippen molar-refractivity contribution in [1.82, 2.24) is 9.47 Å². The fourth-order valence-corrected chi connectivity index (χ4v) is 4.54. The maximum Gasteiger partial charge on any atom is 0.454 e. The minimum Gasteiger partial charge on any atom is -0.497 e. The molecule has 0 spiro atoms. The second kappa shape index (κ2) is 9.30. The number of halogens is 3. The highest BCUT2D eigenvalue weighted by atomic mass is 19.4. The normalized spacial score (nSPS) is 18.2. The molecule has 4 nitrogen and oxygen atoms in total. The Hall–Kier alpha value is -2.54. The summed E-state index contributed by atoms with van der Waals surface area (Å²) in [5.74, 6) is -1.09. The maximum atomic E-state index is 13.0. The van der Waals surface area contributed by atoms with E-state index in [0.717, 1.165) is 45.3 Å². The first kappa shape index (κ1) is 21.7. The molecule has 166 valence electrons. The molecule has 7 heteroatoms. The lowest BCUT2D eigenvalue weighted by Crippen LogP contribution is -2.34. The molecule has 1 saturated heterocycles. The molecule has 1 aromatic heterocycles. The van der Waals surface area contributed by atoms with Crippen LogP contribution in [0, 0.1) is 5.92 Å². The predicted octanol–water partition coefficient (Wildman–Crippen LogP) is 5.35. The van der Waals surface area contributed by atoms with Crippen LogP contribution in [-0.2, 0) is 11.3 Å². The van der Waals surface area contributed by atoms with Gasteiger partial charge in [-0.25, -0.2) is 0 Å². The SMILES string of the molecule is O=C(c1cn(CCCN2CCC(CC3=CCOC=C3)CC2)c2ccccc12)C(F)(F)F. The Kier molecular flexibility index (Phi) is 6.51. The lowest BCUT2D eigenvalue weighted by molar-refractivity contribution is -0.0884. The van der Waals surface area contributed by atoms with Crippen molar-refractivity contribution >= 4 is 16.7 Å². The van der Waals surface area contributed by atoms with Gasteiger partial charge in [-0.2, -0.15) is 13.2 Å². The van der Waals surface area contributed by atoms with Gasteiger partial charge in [0.15, 0.2) is 0 Å². The van der Waals surface area contributed by atoms with Crippen LogP contribution in [0.15, 0.2) is 54.4 Å². The molecule has 0 N–H and O–H groups in total. The molecule has 2 aliphatic rings. The largest absolute Gasteiger partial charge is 0.497 e. The summed E-state index contributed by atoms with van der Waals surface area (Å²) in [6.45, 7) is 4.24. The van der Waals surface area contributed by atoms with E-state index in [-0.39, 0.29) is 5.56 Å². The van der Waals surface area contributed by atoms with Crippen molar-refractivity contribution in [3.63, 3.8) is 0 Å². The minimum atomic E-state index is -4.87. The van der Waals surface area contributed by atoms with Crippen LogP contribution in [0.4, 0.5) is 13.2 Å². The number of alkyl halides is 3. The molecule has 3 heterocycles. The number of carbonyl (C=O) groups excluding carboxylic acids is 1. The van der Waals surface area contributed by atoms with E-state index in [1.807, 2.05) is 0 Å². The fourth-order valence-electron chi connectivity index (χ4n) is 4.54. The second-order valence-electron chi connectivity index (χ2n) is 8.34. The molecule has 0 aliphatic carbocycles. The van der Waals surface area contributed by atoms with Crippen molar-refractivity contribution in [3.8, 4) is 0 Å². The van der Waals surface area contributed by atoms with E-state index in [9.17, 15) is 18.0 Å². The Bertz CT molecular complexity index is 982. The summed E-state index contributed by atoms with van der Waals surface area (Å²) in [6, 6.07) is 6.80. The number of rotatable bonds is 7. The number of para-hydroxylation sites is 1. The molecule has 2 aromatic rings. The van der Waals surface area contributed by atoms with Crippen LogP contribution in [0.1, 0.15) is 36.0 Å². The molecule has 31 heavy (non-hydrogen) atoms. The number of aromatic nitrogens is 1. The zero-order valence-corrected chi connectivity index (χ0v) is 17.4. The van der Waals surface area contributed by atoms with E-state index in [4.69, 9.17) is 4.74 Å². The molecule has 1 aromatic carbocycles. The van der Waals surface area contributed by atoms with Gasteiger partial charge < -0.3 is 14.2 Å². The first-order valence-electron chi connectivity index (χ1n) is 10.8. The van der Waals surface area contributed by atoms with E-state index in [1.54, 1.807) is 35.1 Å². The molecule has 0 unspecified atom stereocenters. The molecule has 0 saturated carbocycles. The van der Waals surface area contributed by atoms with Gasteiger partial charge in [0.05, 0.1) is 11.8 Å². The Morgan fingerprint density at radius 3 is 2.61 bits per heavy atom. The van der Waals surface area contributed by atoms with Crippen LogP contribution in [0.3, 0.4) is 0 Å². The Morgan fingerprint density at radius 2 is 1.90 bits per heavy atom. The highest BCUT2D eigenvalue weighted by Crippen LogP contribution is 2.29. The number of likely N-dealkylation sites (tertiary alicyclic amines) is 1. The zero-order chi connectivity index (χ0) is 21.8. The number of Topliss-reactive ketones (excluding diaryl/α,β-unsaturated/α-hetero) is 1. The van der Waals surface area contributed by atoms with Crippen molar-refractivity contribution in [2.75, 3.05) is 26.2 Å². The van der Waals surface area contributed by atoms with Gasteiger partial charge in [0.2, 0.25) is 0 Å². The third-order valence-electron chi connectivity index (χ3n) is 6.22. The smallest absolute Gasteiger partial charge is 0.454 e. The molecule has 4 rings (SSSR count). The van der Waals surface area contributed by atoms with Crippen LogP contribution in [-0.4, -0.2) is 47.7 Å². The van der Waals surface area contributed by atoms with Crippen molar-refractivity contribution in [3.05, 3.63) is 60.0 Å². The third kappa shape index (κ3) is 5.21. The highest BCUT2D eigenvalue weighted by Gasteiger charge is 2.40. The molecular formula is C24H27F3N2O2. The Balaban J connectivity index is 1.31. The zero-order valence-electron chi connectivity index (χ0n) is 17.4. The van der Waals surface area contributed by atoms with Gasteiger partial charge >= 0.3 is 6.18 Å². The number of ketones is 1. The Morgan fingerprint density at radius 1 is 1.13 bits per heavy atom. The standard InChI is InChI=1S/C24H27F3N2O2/c25-24(26,27)23(30)21-17-29(22-5-2-1-4-20(21)22)11-3-10-28-12-6-18(7-13-28)16-19-8-14-31-15-9-19/h1-2,4-5,8-9,14,17-18H,3,6-7,10-13,15-16H2. The van der Waals surface area contributed by atoms with Crippen molar-refractivity contribution < 1.29 is 22.7 Å². The van der Waals surface area contributed by atoms with Gasteiger partial charge in [-0.05, 0) is 75.0 Å². The number of hydrogen-bond donors (Lipinski definition) is 0. The predicted molar refractivity (Wildman–Crippen MR) is 114 cm³/mol. The van der Waals surface area contributed by atoms with E-state index < -0.39 is 12.0 Å². The number of nitrogens with zero attached hydrogens (tertiary/aromatic N) is 2. The number of ether oxygens (including phenoxy) is 1. The molecule has 0 amide bonds. The average molecular weight is 432 g/mol. The van der Waals surface area contributed by atoms with Crippen LogP contribution in [0.5, 0.6) is 0 Å². The van der Waals surface area contributed by atoms with Crippen molar-refractivity contribution in [1.29, 1.82) is 0 Å². The Labute approximate surface area is 180 Å². The van der Waals surface area contributed by atoms with Crippen molar-refractivity contribution in [2.24, 2.45) is 5.92 Å². The summed E-state index contributed by atoms with van der Waals surface area (Å²) in [7, 11) is 0. The maximum absolute atomic E-state index is 13.0. The van der Waals surface area contributed by atoms with Gasteiger partial charge in [-0.15, -0.1) is 0 Å². The average Bonchev–Trinajstić information content (AvgIpc) is 3.13. The first-order chi connectivity index (χ1) is 14.9. The van der Waals surface area contributed by atoms with E-state index in [0.29, 0.717) is 30.0 Å². The summed E-state index contributed by atoms with van der Waals surface area (Å²) in [5.41, 5.74) is 1.76. The van der Waals surface area contributed by atoms with Crippen LogP contribution < -0.4 is 0 Å². The van der Waals surface area contributed by atoms with Crippen molar-refractivity contribution in [2.45, 2.75) is 38.4 Å². The highest BCUT2D eigenvalue weighted by molar-refractivity contribution is 6.10. The number of fused-ring (bicyclic) bond motifs is 1. The monoisotopic (exact) mass is 432 g/mol. The lowest BCUT2D eigenvalue weighted by atomic mass is 9.89. The van der Waals surface area contributed by atoms with Gasteiger partial charge in [0.25, 0.3) is 5.78 Å². The number of hydrogen-bond acceptors (Lipinski definition) is 3. The van der Waals surface area contributed by atoms with E-state index in [1.165, 1.54) is 11.8 Å². The number of allylic oxidation sites excluding steroid dienone is 2. The third-order valence-corrected chi connectivity index (χ3v) is 6.22.